The average molecular weight is 422 g/mol. The molecule has 7 heteroatoms. The van der Waals surface area contributed by atoms with Gasteiger partial charge in [0, 0.05) is 24.1 Å². The summed E-state index contributed by atoms with van der Waals surface area (Å²) in [4.78, 5) is 13.8. The van der Waals surface area contributed by atoms with Crippen molar-refractivity contribution in [2.75, 3.05) is 5.32 Å². The van der Waals surface area contributed by atoms with E-state index in [0.717, 1.165) is 51.2 Å². The molecule has 6 nitrogen and oxygen atoms in total. The van der Waals surface area contributed by atoms with Crippen molar-refractivity contribution in [1.29, 1.82) is 0 Å². The van der Waals surface area contributed by atoms with Gasteiger partial charge in [-0.3, -0.25) is 4.79 Å². The van der Waals surface area contributed by atoms with Gasteiger partial charge >= 0.3 is 0 Å². The summed E-state index contributed by atoms with van der Waals surface area (Å²) in [6, 6.07) is 8.01. The molecule has 4 aliphatic rings. The number of carbonyl (C=O) groups excluding carboxylic acids is 1. The largest absolute Gasteiger partial charge is 0.326 e. The van der Waals surface area contributed by atoms with Crippen molar-refractivity contribution in [2.45, 2.75) is 58.3 Å². The molecule has 4 fully saturated rings. The lowest BCUT2D eigenvalue weighted by Gasteiger charge is -2.56. The maximum absolute atomic E-state index is 13.0. The third-order valence-electron chi connectivity index (χ3n) is 7.47. The molecule has 0 aliphatic heterocycles. The van der Waals surface area contributed by atoms with Crippen LogP contribution in [0.4, 0.5) is 5.69 Å². The van der Waals surface area contributed by atoms with E-state index >= 15 is 0 Å². The van der Waals surface area contributed by atoms with Gasteiger partial charge < -0.3 is 5.32 Å². The van der Waals surface area contributed by atoms with E-state index in [2.05, 4.69) is 27.5 Å². The Kier molecular flexibility index (Phi) is 4.23. The van der Waals surface area contributed by atoms with Crippen molar-refractivity contribution in [3.05, 3.63) is 30.1 Å². The molecule has 0 spiro atoms. The summed E-state index contributed by atoms with van der Waals surface area (Å²) < 4.78 is 1.82. The van der Waals surface area contributed by atoms with Crippen LogP contribution in [0.5, 0.6) is 0 Å². The monoisotopic (exact) mass is 421 g/mol. The van der Waals surface area contributed by atoms with Crippen LogP contribution in [0.2, 0.25) is 0 Å². The summed E-state index contributed by atoms with van der Waals surface area (Å²) in [6.45, 7) is 2.05. The van der Waals surface area contributed by atoms with Crippen molar-refractivity contribution in [3.8, 4) is 10.6 Å². The highest BCUT2D eigenvalue weighted by atomic mass is 32.1. The molecule has 4 saturated carbocycles. The summed E-state index contributed by atoms with van der Waals surface area (Å²) in [5.41, 5.74) is 2.12. The van der Waals surface area contributed by atoms with E-state index in [0.29, 0.717) is 6.42 Å². The zero-order valence-corrected chi connectivity index (χ0v) is 18.1. The van der Waals surface area contributed by atoms with E-state index < -0.39 is 0 Å². The van der Waals surface area contributed by atoms with Crippen LogP contribution in [0.1, 0.15) is 57.7 Å². The molecule has 1 aromatic carbocycles. The number of aryl methyl sites for hydroxylation is 1. The minimum absolute atomic E-state index is 0.167. The predicted octanol–water partition coefficient (Wildman–Crippen LogP) is 4.96. The number of rotatable bonds is 5. The van der Waals surface area contributed by atoms with Gasteiger partial charge in [-0.2, -0.15) is 9.61 Å². The van der Waals surface area contributed by atoms with E-state index in [9.17, 15) is 4.79 Å². The Labute approximate surface area is 180 Å². The first-order chi connectivity index (χ1) is 14.6. The maximum atomic E-state index is 13.0. The van der Waals surface area contributed by atoms with Crippen LogP contribution in [0.15, 0.2) is 24.3 Å². The fourth-order valence-electron chi connectivity index (χ4n) is 6.78. The lowest BCUT2D eigenvalue weighted by atomic mass is 9.49. The molecule has 1 N–H and O–H groups in total. The van der Waals surface area contributed by atoms with Crippen molar-refractivity contribution in [1.82, 2.24) is 19.8 Å². The number of nitrogens with one attached hydrogen (secondary N) is 1. The maximum Gasteiger partial charge on any atom is 0.234 e. The third-order valence-corrected chi connectivity index (χ3v) is 8.41. The first-order valence-electron chi connectivity index (χ1n) is 11.2. The molecule has 156 valence electrons. The first kappa shape index (κ1) is 18.5. The van der Waals surface area contributed by atoms with Gasteiger partial charge in [0.1, 0.15) is 5.01 Å². The van der Waals surface area contributed by atoms with Gasteiger partial charge in [0.25, 0.3) is 0 Å². The van der Waals surface area contributed by atoms with Crippen LogP contribution >= 0.6 is 11.3 Å². The topological polar surface area (TPSA) is 72.2 Å². The van der Waals surface area contributed by atoms with Crippen molar-refractivity contribution < 1.29 is 4.79 Å². The Morgan fingerprint density at radius 1 is 1.17 bits per heavy atom. The second kappa shape index (κ2) is 6.87. The number of anilines is 1. The molecular weight excluding hydrogens is 394 g/mol. The van der Waals surface area contributed by atoms with E-state index in [1.165, 1.54) is 49.9 Å². The second-order valence-corrected chi connectivity index (χ2v) is 10.8. The summed E-state index contributed by atoms with van der Waals surface area (Å²) in [5, 5.41) is 17.1. The number of carbonyl (C=O) groups is 1. The first-order valence-corrected chi connectivity index (χ1v) is 12.0. The molecule has 3 aromatic rings. The lowest BCUT2D eigenvalue weighted by Crippen LogP contribution is -2.47. The van der Waals surface area contributed by atoms with Gasteiger partial charge in [-0.05, 0) is 73.8 Å². The van der Waals surface area contributed by atoms with Crippen LogP contribution < -0.4 is 5.32 Å². The molecule has 2 aromatic heterocycles. The highest BCUT2D eigenvalue weighted by Crippen LogP contribution is 2.61. The lowest BCUT2D eigenvalue weighted by molar-refractivity contribution is -0.124. The summed E-state index contributed by atoms with van der Waals surface area (Å²) >= 11 is 1.52. The molecule has 4 aliphatic carbocycles. The molecule has 0 unspecified atom stereocenters. The highest BCUT2D eigenvalue weighted by molar-refractivity contribution is 7.19. The zero-order chi connectivity index (χ0) is 20.3. The third kappa shape index (κ3) is 3.14. The molecule has 1 amide bonds. The van der Waals surface area contributed by atoms with Crippen molar-refractivity contribution in [2.24, 2.45) is 23.2 Å². The average Bonchev–Trinajstić information content (AvgIpc) is 3.27. The number of fused-ring (bicyclic) bond motifs is 1. The predicted molar refractivity (Wildman–Crippen MR) is 117 cm³/mol. The molecule has 0 saturated heterocycles. The van der Waals surface area contributed by atoms with Gasteiger partial charge in [-0.1, -0.05) is 30.4 Å². The Morgan fingerprint density at radius 3 is 2.60 bits per heavy atom. The highest BCUT2D eigenvalue weighted by Gasteiger charge is 2.51. The van der Waals surface area contributed by atoms with E-state index in [1.807, 2.05) is 28.8 Å². The van der Waals surface area contributed by atoms with Crippen LogP contribution in [0, 0.1) is 23.2 Å². The summed E-state index contributed by atoms with van der Waals surface area (Å²) in [5.74, 6) is 3.66. The number of amides is 1. The van der Waals surface area contributed by atoms with Gasteiger partial charge in [-0.15, -0.1) is 10.2 Å². The van der Waals surface area contributed by atoms with Crippen LogP contribution in [-0.4, -0.2) is 25.7 Å². The van der Waals surface area contributed by atoms with Crippen molar-refractivity contribution in [3.63, 3.8) is 0 Å². The Balaban J connectivity index is 1.19. The fraction of sp³-hybridized carbons (Fsp3) is 0.565. The smallest absolute Gasteiger partial charge is 0.234 e. The van der Waals surface area contributed by atoms with Gasteiger partial charge in [-0.25, -0.2) is 0 Å². The van der Waals surface area contributed by atoms with Crippen molar-refractivity contribution >= 4 is 27.9 Å². The Morgan fingerprint density at radius 2 is 1.90 bits per heavy atom. The Hall–Kier alpha value is -2.28. The second-order valence-electron chi connectivity index (χ2n) is 9.79. The van der Waals surface area contributed by atoms with E-state index in [4.69, 9.17) is 0 Å². The van der Waals surface area contributed by atoms with Crippen LogP contribution in [0.3, 0.4) is 0 Å². The molecule has 2 heterocycles. The Bertz CT molecular complexity index is 1080. The van der Waals surface area contributed by atoms with E-state index in [1.54, 1.807) is 0 Å². The summed E-state index contributed by atoms with van der Waals surface area (Å²) in [6.07, 6.45) is 9.50. The number of hydrogen-bond acceptors (Lipinski definition) is 5. The molecule has 0 atom stereocenters. The SMILES string of the molecule is CCc1nnc2sc(-c3cccc(NC(=O)CC45CC6CC(CC(C6)C4)C5)c3)nn12. The minimum Gasteiger partial charge on any atom is -0.326 e. The van der Waals surface area contributed by atoms with Crippen LogP contribution in [-0.2, 0) is 11.2 Å². The number of nitrogens with zero attached hydrogens (tertiary/aromatic N) is 4. The number of hydrogen-bond donors (Lipinski definition) is 1. The summed E-state index contributed by atoms with van der Waals surface area (Å²) in [7, 11) is 0. The molecular formula is C23H27N5OS. The standard InChI is InChI=1S/C23H27N5OS/c1-2-19-25-26-22-28(19)27-21(30-22)17-4-3-5-18(9-17)24-20(29)13-23-10-14-6-15(11-23)8-16(7-14)12-23/h3-5,9,14-16H,2,6-8,10-13H2,1H3,(H,24,29). The van der Waals surface area contributed by atoms with Crippen LogP contribution in [0.25, 0.3) is 15.5 Å². The molecule has 4 bridgehead atoms. The number of benzene rings is 1. The molecule has 30 heavy (non-hydrogen) atoms. The fourth-order valence-corrected chi connectivity index (χ4v) is 7.63. The molecule has 0 radical (unpaired) electrons. The number of aromatic nitrogens is 4. The van der Waals surface area contributed by atoms with Gasteiger partial charge in [0.15, 0.2) is 5.82 Å². The normalized spacial score (nSPS) is 29.6. The zero-order valence-electron chi connectivity index (χ0n) is 17.3. The minimum atomic E-state index is 0.167. The van der Waals surface area contributed by atoms with Gasteiger partial charge in [0.05, 0.1) is 0 Å². The van der Waals surface area contributed by atoms with E-state index in [-0.39, 0.29) is 11.3 Å². The van der Waals surface area contributed by atoms with Gasteiger partial charge in [0.2, 0.25) is 10.9 Å². The molecule has 7 rings (SSSR count). The quantitative estimate of drug-likeness (QED) is 0.632.